The molecule has 1 aliphatic rings. The van der Waals surface area contributed by atoms with Crippen molar-refractivity contribution in [3.05, 3.63) is 78.4 Å². The van der Waals surface area contributed by atoms with E-state index in [1.807, 2.05) is 48.8 Å². The van der Waals surface area contributed by atoms with Crippen LogP contribution in [-0.4, -0.2) is 24.8 Å². The quantitative estimate of drug-likeness (QED) is 0.715. The highest BCUT2D eigenvalue weighted by Crippen LogP contribution is 2.33. The molecule has 1 atom stereocenters. The molecule has 0 N–H and O–H groups in total. The highest BCUT2D eigenvalue weighted by molar-refractivity contribution is 5.51. The van der Waals surface area contributed by atoms with Gasteiger partial charge in [0.1, 0.15) is 11.6 Å². The number of rotatable bonds is 4. The first-order valence-electron chi connectivity index (χ1n) is 8.21. The second kappa shape index (κ2) is 6.61. The van der Waals surface area contributed by atoms with Gasteiger partial charge in [0.25, 0.3) is 0 Å². The number of para-hydroxylation sites is 1. The lowest BCUT2D eigenvalue weighted by molar-refractivity contribution is 0.114. The van der Waals surface area contributed by atoms with Crippen LogP contribution in [0.15, 0.2) is 67.0 Å². The summed E-state index contributed by atoms with van der Waals surface area (Å²) in [7, 11) is 1.65. The van der Waals surface area contributed by atoms with Gasteiger partial charge in [-0.1, -0.05) is 12.1 Å². The number of anilines is 1. The standard InChI is InChI=1S/C20H19FN2O2/c1-24-17-8-6-16(7-9-17)23-12-13-25-20(23)15-10-11-22(14-15)19-5-3-2-4-18(19)21/h2-11,14,20H,12-13H2,1H3/t20-/m0/s1. The normalized spacial score (nSPS) is 17.0. The van der Waals surface area contributed by atoms with Crippen molar-refractivity contribution in [2.24, 2.45) is 0 Å². The molecule has 1 fully saturated rings. The fourth-order valence-corrected chi connectivity index (χ4v) is 3.15. The Kier molecular flexibility index (Phi) is 4.15. The van der Waals surface area contributed by atoms with Crippen molar-refractivity contribution in [3.8, 4) is 11.4 Å². The summed E-state index contributed by atoms with van der Waals surface area (Å²) in [5.74, 6) is 0.579. The van der Waals surface area contributed by atoms with E-state index in [0.29, 0.717) is 12.3 Å². The molecule has 5 heteroatoms. The summed E-state index contributed by atoms with van der Waals surface area (Å²) in [5, 5.41) is 0. The Hall–Kier alpha value is -2.79. The van der Waals surface area contributed by atoms with Gasteiger partial charge in [0.15, 0.2) is 6.23 Å². The van der Waals surface area contributed by atoms with Crippen LogP contribution in [-0.2, 0) is 4.74 Å². The van der Waals surface area contributed by atoms with Gasteiger partial charge in [-0.25, -0.2) is 4.39 Å². The number of hydrogen-bond donors (Lipinski definition) is 0. The number of ether oxygens (including phenoxy) is 2. The summed E-state index contributed by atoms with van der Waals surface area (Å²) in [6.07, 6.45) is 3.61. The first-order chi connectivity index (χ1) is 12.3. The molecule has 0 bridgehead atoms. The minimum Gasteiger partial charge on any atom is -0.497 e. The smallest absolute Gasteiger partial charge is 0.158 e. The monoisotopic (exact) mass is 338 g/mol. The topological polar surface area (TPSA) is 26.6 Å². The number of benzene rings is 2. The predicted octanol–water partition coefficient (Wildman–Crippen LogP) is 4.16. The minimum absolute atomic E-state index is 0.179. The van der Waals surface area contributed by atoms with E-state index >= 15 is 0 Å². The summed E-state index contributed by atoms with van der Waals surface area (Å²) in [5.41, 5.74) is 2.60. The maximum absolute atomic E-state index is 14.0. The molecule has 4 nitrogen and oxygen atoms in total. The highest BCUT2D eigenvalue weighted by Gasteiger charge is 2.28. The van der Waals surface area contributed by atoms with Crippen molar-refractivity contribution in [1.29, 1.82) is 0 Å². The lowest BCUT2D eigenvalue weighted by atomic mass is 10.2. The van der Waals surface area contributed by atoms with Gasteiger partial charge < -0.3 is 18.9 Å². The van der Waals surface area contributed by atoms with E-state index in [1.165, 1.54) is 6.07 Å². The Morgan fingerprint density at radius 3 is 2.64 bits per heavy atom. The van der Waals surface area contributed by atoms with E-state index < -0.39 is 0 Å². The molecule has 1 aromatic heterocycles. The van der Waals surface area contributed by atoms with Crippen molar-refractivity contribution in [1.82, 2.24) is 4.57 Å². The molecule has 0 unspecified atom stereocenters. The largest absolute Gasteiger partial charge is 0.497 e. The lowest BCUT2D eigenvalue weighted by Gasteiger charge is -2.24. The average molecular weight is 338 g/mol. The van der Waals surface area contributed by atoms with E-state index in [9.17, 15) is 4.39 Å². The Labute approximate surface area is 146 Å². The van der Waals surface area contributed by atoms with Gasteiger partial charge >= 0.3 is 0 Å². The summed E-state index contributed by atoms with van der Waals surface area (Å²) >= 11 is 0. The van der Waals surface area contributed by atoms with E-state index in [2.05, 4.69) is 4.90 Å². The van der Waals surface area contributed by atoms with Crippen LogP contribution < -0.4 is 9.64 Å². The molecule has 25 heavy (non-hydrogen) atoms. The van der Waals surface area contributed by atoms with Crippen molar-refractivity contribution in [3.63, 3.8) is 0 Å². The van der Waals surface area contributed by atoms with Gasteiger partial charge in [-0.15, -0.1) is 0 Å². The van der Waals surface area contributed by atoms with E-state index in [0.717, 1.165) is 23.5 Å². The summed E-state index contributed by atoms with van der Waals surface area (Å²) in [4.78, 5) is 2.19. The average Bonchev–Trinajstić information content (AvgIpc) is 3.31. The van der Waals surface area contributed by atoms with Crippen LogP contribution in [0.3, 0.4) is 0 Å². The van der Waals surface area contributed by atoms with Gasteiger partial charge in [0.05, 0.1) is 19.4 Å². The van der Waals surface area contributed by atoms with Crippen molar-refractivity contribution >= 4 is 5.69 Å². The second-order valence-electron chi connectivity index (χ2n) is 5.92. The molecular weight excluding hydrogens is 319 g/mol. The van der Waals surface area contributed by atoms with Gasteiger partial charge in [0.2, 0.25) is 0 Å². The molecular formula is C20H19FN2O2. The maximum atomic E-state index is 14.0. The third-order valence-corrected chi connectivity index (χ3v) is 4.43. The minimum atomic E-state index is -0.246. The van der Waals surface area contributed by atoms with Crippen LogP contribution in [0, 0.1) is 5.82 Å². The number of hydrogen-bond acceptors (Lipinski definition) is 3. The zero-order valence-electron chi connectivity index (χ0n) is 13.9. The van der Waals surface area contributed by atoms with Crippen LogP contribution in [0.25, 0.3) is 5.69 Å². The third kappa shape index (κ3) is 2.98. The zero-order chi connectivity index (χ0) is 17.2. The maximum Gasteiger partial charge on any atom is 0.158 e. The molecule has 0 spiro atoms. The Balaban J connectivity index is 1.61. The van der Waals surface area contributed by atoms with Crippen LogP contribution in [0.1, 0.15) is 11.8 Å². The van der Waals surface area contributed by atoms with Crippen molar-refractivity contribution in [2.45, 2.75) is 6.23 Å². The zero-order valence-corrected chi connectivity index (χ0v) is 13.9. The summed E-state index contributed by atoms with van der Waals surface area (Å²) in [6, 6.07) is 16.6. The van der Waals surface area contributed by atoms with Crippen molar-refractivity contribution in [2.75, 3.05) is 25.2 Å². The third-order valence-electron chi connectivity index (χ3n) is 4.43. The van der Waals surface area contributed by atoms with Gasteiger partial charge in [0, 0.05) is 30.2 Å². The number of methoxy groups -OCH3 is 1. The Morgan fingerprint density at radius 1 is 1.08 bits per heavy atom. The molecule has 4 rings (SSSR count). The van der Waals surface area contributed by atoms with Gasteiger partial charge in [-0.3, -0.25) is 0 Å². The molecule has 2 aromatic carbocycles. The number of halogens is 1. The van der Waals surface area contributed by atoms with Crippen LogP contribution in [0.2, 0.25) is 0 Å². The van der Waals surface area contributed by atoms with Crippen LogP contribution in [0.4, 0.5) is 10.1 Å². The van der Waals surface area contributed by atoms with Gasteiger partial charge in [-0.2, -0.15) is 0 Å². The first-order valence-corrected chi connectivity index (χ1v) is 8.21. The summed E-state index contributed by atoms with van der Waals surface area (Å²) in [6.45, 7) is 1.46. The highest BCUT2D eigenvalue weighted by atomic mass is 19.1. The van der Waals surface area contributed by atoms with Gasteiger partial charge in [-0.05, 0) is 42.5 Å². The fourth-order valence-electron chi connectivity index (χ4n) is 3.15. The molecule has 2 heterocycles. The molecule has 3 aromatic rings. The number of aromatic nitrogens is 1. The Bertz CT molecular complexity index is 860. The number of nitrogens with zero attached hydrogens (tertiary/aromatic N) is 2. The first kappa shape index (κ1) is 15.7. The van der Waals surface area contributed by atoms with Crippen molar-refractivity contribution < 1.29 is 13.9 Å². The SMILES string of the molecule is COc1ccc(N2CCO[C@H]2c2ccn(-c3ccccc3F)c2)cc1. The second-order valence-corrected chi connectivity index (χ2v) is 5.92. The van der Waals surface area contributed by atoms with Crippen LogP contribution in [0.5, 0.6) is 5.75 Å². The fraction of sp³-hybridized carbons (Fsp3) is 0.200. The van der Waals surface area contributed by atoms with E-state index in [-0.39, 0.29) is 12.0 Å². The molecule has 0 radical (unpaired) electrons. The van der Waals surface area contributed by atoms with Crippen LogP contribution >= 0.6 is 0 Å². The molecule has 0 saturated carbocycles. The summed E-state index contributed by atoms with van der Waals surface area (Å²) < 4.78 is 26.9. The molecule has 128 valence electrons. The Morgan fingerprint density at radius 2 is 1.88 bits per heavy atom. The molecule has 0 aliphatic carbocycles. The molecule has 1 saturated heterocycles. The predicted molar refractivity (Wildman–Crippen MR) is 94.8 cm³/mol. The molecule has 1 aliphatic heterocycles. The lowest BCUT2D eigenvalue weighted by Crippen LogP contribution is -2.22. The van der Waals surface area contributed by atoms with E-state index in [1.54, 1.807) is 23.8 Å². The van der Waals surface area contributed by atoms with E-state index in [4.69, 9.17) is 9.47 Å². The molecule has 0 amide bonds.